The maximum Gasteiger partial charge on any atom is 0.128 e. The van der Waals surface area contributed by atoms with Crippen molar-refractivity contribution in [3.8, 4) is 28.3 Å². The summed E-state index contributed by atoms with van der Waals surface area (Å²) in [6.45, 7) is 14.6. The summed E-state index contributed by atoms with van der Waals surface area (Å²) in [6.07, 6.45) is 0.168. The van der Waals surface area contributed by atoms with Gasteiger partial charge in [-0.15, -0.1) is 48.0 Å². The molecule has 0 N–H and O–H groups in total. The average Bonchev–Trinajstić information content (AvgIpc) is 3.80. The molecule has 0 aliphatic heterocycles. The van der Waals surface area contributed by atoms with Crippen LogP contribution in [0.2, 0.25) is 0 Å². The second kappa shape index (κ2) is 16.2. The first-order valence-electron chi connectivity index (χ1n) is 20.2. The van der Waals surface area contributed by atoms with Gasteiger partial charge in [0.1, 0.15) is 5.58 Å². The van der Waals surface area contributed by atoms with Crippen LogP contribution in [0.5, 0.6) is 0 Å². The fourth-order valence-corrected chi connectivity index (χ4v) is 7.49. The van der Waals surface area contributed by atoms with Crippen molar-refractivity contribution in [1.29, 1.82) is 0 Å². The third-order valence-electron chi connectivity index (χ3n) is 10.0. The van der Waals surface area contributed by atoms with Gasteiger partial charge in [-0.1, -0.05) is 138 Å². The number of nitrogens with zero attached hydrogens (tertiary/aromatic N) is 3. The third-order valence-corrected chi connectivity index (χ3v) is 10.0. The number of benzene rings is 6. The van der Waals surface area contributed by atoms with Gasteiger partial charge in [-0.2, -0.15) is 0 Å². The minimum absolute atomic E-state index is 0. The van der Waals surface area contributed by atoms with Gasteiger partial charge in [0.2, 0.25) is 0 Å². The molecule has 0 spiro atoms. The van der Waals surface area contributed by atoms with Crippen LogP contribution < -0.4 is 0 Å². The number of pyridine rings is 1. The monoisotopic (exact) mass is 930 g/mol. The number of halogens is 1. The molecule has 289 valence electrons. The van der Waals surface area contributed by atoms with Crippen LogP contribution >= 0.6 is 0 Å². The molecule has 3 aromatic heterocycles. The van der Waals surface area contributed by atoms with Crippen LogP contribution in [0.4, 0.5) is 4.39 Å². The summed E-state index contributed by atoms with van der Waals surface area (Å²) in [5.41, 5.74) is 9.53. The van der Waals surface area contributed by atoms with Gasteiger partial charge in [-0.05, 0) is 64.0 Å². The van der Waals surface area contributed by atoms with Crippen molar-refractivity contribution in [2.24, 2.45) is 5.41 Å². The Bertz CT molecular complexity index is 2920. The molecule has 6 heteroatoms. The maximum absolute atomic E-state index is 13.5. The van der Waals surface area contributed by atoms with Crippen molar-refractivity contribution in [2.75, 3.05) is 0 Å². The second-order valence-electron chi connectivity index (χ2n) is 15.9. The van der Waals surface area contributed by atoms with Crippen LogP contribution in [0.15, 0.2) is 132 Å². The topological polar surface area (TPSA) is 43.9 Å². The Balaban J connectivity index is 0.000000177. The Labute approximate surface area is 351 Å². The van der Waals surface area contributed by atoms with E-state index in [0.29, 0.717) is 23.1 Å². The molecule has 0 atom stereocenters. The van der Waals surface area contributed by atoms with Gasteiger partial charge in [-0.3, -0.25) is 9.37 Å². The first-order chi connectivity index (χ1) is 27.7. The zero-order valence-electron chi connectivity index (χ0n) is 35.2. The predicted octanol–water partition coefficient (Wildman–Crippen LogP) is 14.1. The van der Waals surface area contributed by atoms with E-state index < -0.39 is 11.8 Å². The molecule has 0 fully saturated rings. The van der Waals surface area contributed by atoms with E-state index in [2.05, 4.69) is 97.9 Å². The maximum atomic E-state index is 13.5. The summed E-state index contributed by atoms with van der Waals surface area (Å²) < 4.78 is 39.4. The van der Waals surface area contributed by atoms with Gasteiger partial charge in [0.25, 0.3) is 0 Å². The number of hydrogen-bond donors (Lipinski definition) is 0. The number of aromatic nitrogens is 3. The summed E-state index contributed by atoms with van der Waals surface area (Å²) >= 11 is 0. The molecular formula is C51H46FIrN3O-2. The van der Waals surface area contributed by atoms with Crippen molar-refractivity contribution in [3.63, 3.8) is 0 Å². The number of fused-ring (bicyclic) bond motifs is 6. The zero-order valence-corrected chi connectivity index (χ0v) is 35.6. The van der Waals surface area contributed by atoms with E-state index >= 15 is 0 Å². The third kappa shape index (κ3) is 7.94. The summed E-state index contributed by atoms with van der Waals surface area (Å²) in [7, 11) is 0. The van der Waals surface area contributed by atoms with Crippen LogP contribution in [-0.4, -0.2) is 14.5 Å². The molecule has 3 heterocycles. The molecule has 57 heavy (non-hydrogen) atoms. The van der Waals surface area contributed by atoms with Crippen molar-refractivity contribution in [1.82, 2.24) is 14.5 Å². The van der Waals surface area contributed by atoms with Crippen LogP contribution in [0, 0.1) is 23.4 Å². The molecule has 0 aliphatic rings. The van der Waals surface area contributed by atoms with Crippen LogP contribution in [0.25, 0.3) is 72.1 Å². The molecule has 1 radical (unpaired) electrons. The van der Waals surface area contributed by atoms with Crippen LogP contribution in [0.3, 0.4) is 0 Å². The molecule has 0 amide bonds. The molecule has 9 rings (SSSR count). The largest absolute Gasteiger partial charge is 0.500 e. The Morgan fingerprint density at radius 3 is 2.21 bits per heavy atom. The minimum Gasteiger partial charge on any atom is -0.500 e. The van der Waals surface area contributed by atoms with Crippen molar-refractivity contribution >= 4 is 43.7 Å². The van der Waals surface area contributed by atoms with Gasteiger partial charge in [0.15, 0.2) is 0 Å². The van der Waals surface area contributed by atoms with E-state index in [-0.39, 0.29) is 25.9 Å². The summed E-state index contributed by atoms with van der Waals surface area (Å²) in [5, 5.41) is 4.27. The van der Waals surface area contributed by atoms with E-state index in [0.717, 1.165) is 60.7 Å². The Morgan fingerprint density at radius 1 is 0.772 bits per heavy atom. The molecule has 0 saturated heterocycles. The number of furan rings is 1. The molecule has 4 nitrogen and oxygen atoms in total. The first kappa shape index (κ1) is 37.2. The summed E-state index contributed by atoms with van der Waals surface area (Å²) in [5.74, 6) is 1.22. The number of imidazole rings is 1. The fourth-order valence-electron chi connectivity index (χ4n) is 7.49. The molecule has 0 bridgehead atoms. The molecule has 0 saturated carbocycles. The van der Waals surface area contributed by atoms with Crippen LogP contribution in [-0.2, 0) is 26.5 Å². The Morgan fingerprint density at radius 2 is 1.49 bits per heavy atom. The number of rotatable bonds is 6. The summed E-state index contributed by atoms with van der Waals surface area (Å²) in [4.78, 5) is 9.43. The molecule has 9 aromatic rings. The average molecular weight is 930 g/mol. The van der Waals surface area contributed by atoms with Gasteiger partial charge < -0.3 is 14.0 Å². The van der Waals surface area contributed by atoms with Crippen molar-refractivity contribution in [3.05, 3.63) is 162 Å². The molecule has 0 unspecified atom stereocenters. The van der Waals surface area contributed by atoms with E-state index in [1.54, 1.807) is 18.3 Å². The molecule has 6 aromatic carbocycles. The normalized spacial score (nSPS) is 12.5. The van der Waals surface area contributed by atoms with E-state index in [9.17, 15) is 4.39 Å². The zero-order chi connectivity index (χ0) is 40.9. The van der Waals surface area contributed by atoms with Crippen molar-refractivity contribution < 1.29 is 31.7 Å². The SMILES string of the molecule is CC(C)c1cccc(C(C)C)c1-n1c(-c2[c-]cc(F)cc2)nc2ccccc21.[2H]C([2H])(c1ccnc(-c2[c-]ccc3c2oc2c4ccccc4ccc32)c1)C(C)(C)C.[Ir]. The summed E-state index contributed by atoms with van der Waals surface area (Å²) in [6, 6.07) is 45.4. The second-order valence-corrected chi connectivity index (χ2v) is 15.9. The number of para-hydroxylation sites is 3. The Hall–Kier alpha value is -5.42. The quantitative estimate of drug-likeness (QED) is 0.156. The smallest absolute Gasteiger partial charge is 0.128 e. The fraction of sp³-hybridized carbons (Fsp3) is 0.216. The minimum atomic E-state index is -1.50. The van der Waals surface area contributed by atoms with Gasteiger partial charge in [-0.25, -0.2) is 0 Å². The predicted molar refractivity (Wildman–Crippen MR) is 230 cm³/mol. The van der Waals surface area contributed by atoms with E-state index in [1.165, 1.54) is 28.9 Å². The Kier molecular flexibility index (Phi) is 10.6. The number of hydrogen-bond acceptors (Lipinski definition) is 3. The molecule has 0 aliphatic carbocycles. The van der Waals surface area contributed by atoms with Crippen molar-refractivity contribution in [2.45, 2.75) is 66.7 Å². The van der Waals surface area contributed by atoms with Crippen LogP contribution in [0.1, 0.15) is 79.7 Å². The van der Waals surface area contributed by atoms with Gasteiger partial charge in [0.05, 0.1) is 22.4 Å². The molecular weight excluding hydrogens is 882 g/mol. The van der Waals surface area contributed by atoms with E-state index in [1.807, 2.05) is 69.3 Å². The van der Waals surface area contributed by atoms with Gasteiger partial charge in [0, 0.05) is 51.3 Å². The first-order valence-corrected chi connectivity index (χ1v) is 19.2. The van der Waals surface area contributed by atoms with Gasteiger partial charge >= 0.3 is 0 Å². The van der Waals surface area contributed by atoms with E-state index in [4.69, 9.17) is 12.1 Å². The standard InChI is InChI=1S/C26H22NO.C25H24FN2.Ir/c1-26(2,3)16-17-13-14-27-23(15-17)22-10-6-9-20-21-12-11-18-7-4-5-8-19(18)24(21)28-25(20)22;1-16(2)20-8-7-9-21(17(3)4)24(20)28-23-11-6-5-10-22(23)27-25(28)18-12-14-19(26)15-13-18;/h4-9,11-15H,16H2,1-3H3;5-12,14-17H,1-4H3;/q2*-1;/i16D2;;.